The fourth-order valence-corrected chi connectivity index (χ4v) is 4.79. The molecule has 1 N–H and O–H groups in total. The van der Waals surface area contributed by atoms with E-state index < -0.39 is 11.7 Å². The fraction of sp³-hybridized carbons (Fsp3) is 0.120. The van der Waals surface area contributed by atoms with E-state index in [1.807, 2.05) is 29.8 Å². The van der Waals surface area contributed by atoms with Crippen LogP contribution in [-0.2, 0) is 13.1 Å². The second-order valence-electron chi connectivity index (χ2n) is 7.74. The smallest absolute Gasteiger partial charge is 0.258 e. The third kappa shape index (κ3) is 3.71. The molecule has 4 aromatic rings. The molecule has 0 fully saturated rings. The summed E-state index contributed by atoms with van der Waals surface area (Å²) in [5.41, 5.74) is 4.05. The highest BCUT2D eigenvalue weighted by atomic mass is 32.1. The Morgan fingerprint density at radius 1 is 1.03 bits per heavy atom. The Hall–Kier alpha value is -3.71. The van der Waals surface area contributed by atoms with Gasteiger partial charge in [-0.2, -0.15) is 0 Å². The van der Waals surface area contributed by atoms with Gasteiger partial charge in [0.15, 0.2) is 0 Å². The lowest BCUT2D eigenvalue weighted by atomic mass is 10.1. The van der Waals surface area contributed by atoms with Crippen molar-refractivity contribution in [3.63, 3.8) is 0 Å². The zero-order chi connectivity index (χ0) is 22.2. The minimum atomic E-state index is -0.460. The summed E-state index contributed by atoms with van der Waals surface area (Å²) in [6.45, 7) is 3.00. The van der Waals surface area contributed by atoms with Crippen molar-refractivity contribution >= 4 is 34.5 Å². The summed E-state index contributed by atoms with van der Waals surface area (Å²) in [6.07, 6.45) is 2.03. The molecule has 5 nitrogen and oxygen atoms in total. The Balaban J connectivity index is 1.37. The molecule has 0 radical (unpaired) electrons. The maximum absolute atomic E-state index is 13.5. The predicted octanol–water partition coefficient (Wildman–Crippen LogP) is 5.46. The normalized spacial score (nSPS) is 12.6. The van der Waals surface area contributed by atoms with Gasteiger partial charge in [0.25, 0.3) is 11.8 Å². The summed E-state index contributed by atoms with van der Waals surface area (Å²) in [4.78, 5) is 28.9. The number of amides is 2. The molecular formula is C25H20FN3O2S. The van der Waals surface area contributed by atoms with Gasteiger partial charge in [0.2, 0.25) is 0 Å². The number of carbonyl (C=O) groups excluding carboxylic acids is 2. The van der Waals surface area contributed by atoms with Crippen molar-refractivity contribution in [2.24, 2.45) is 0 Å². The van der Waals surface area contributed by atoms with Crippen LogP contribution in [0, 0.1) is 12.7 Å². The molecule has 3 heterocycles. The summed E-state index contributed by atoms with van der Waals surface area (Å²) in [5.74, 6) is -0.950. The third-order valence-electron chi connectivity index (χ3n) is 5.65. The number of halogens is 1. The van der Waals surface area contributed by atoms with Gasteiger partial charge in [-0.3, -0.25) is 9.59 Å². The Bertz CT molecular complexity index is 1320. The van der Waals surface area contributed by atoms with E-state index in [9.17, 15) is 14.0 Å². The number of hydrogen-bond donors (Lipinski definition) is 1. The number of rotatable bonds is 3. The number of anilines is 2. The van der Waals surface area contributed by atoms with Crippen molar-refractivity contribution in [3.8, 4) is 0 Å². The molecule has 5 rings (SSSR count). The molecule has 0 saturated heterocycles. The van der Waals surface area contributed by atoms with E-state index in [4.69, 9.17) is 0 Å². The first-order chi connectivity index (χ1) is 15.5. The molecule has 0 aliphatic carbocycles. The number of fused-ring (bicyclic) bond motifs is 2. The minimum Gasteiger partial charge on any atom is -0.344 e. The average molecular weight is 446 g/mol. The van der Waals surface area contributed by atoms with E-state index >= 15 is 0 Å². The van der Waals surface area contributed by atoms with Crippen LogP contribution in [0.4, 0.5) is 15.8 Å². The molecule has 0 bridgehead atoms. The maximum Gasteiger partial charge on any atom is 0.258 e. The highest BCUT2D eigenvalue weighted by molar-refractivity contribution is 7.10. The largest absolute Gasteiger partial charge is 0.344 e. The predicted molar refractivity (Wildman–Crippen MR) is 124 cm³/mol. The Kier molecular flexibility index (Phi) is 5.11. The second kappa shape index (κ2) is 8.09. The number of thiophene rings is 1. The lowest BCUT2D eigenvalue weighted by Gasteiger charge is -2.21. The first-order valence-electron chi connectivity index (χ1n) is 10.2. The average Bonchev–Trinajstić information content (AvgIpc) is 3.41. The number of hydrogen-bond acceptors (Lipinski definition) is 3. The summed E-state index contributed by atoms with van der Waals surface area (Å²) >= 11 is 1.64. The number of aryl methyl sites for hydroxylation is 1. The monoisotopic (exact) mass is 445 g/mol. The highest BCUT2D eigenvalue weighted by Crippen LogP contribution is 2.33. The Morgan fingerprint density at radius 2 is 1.84 bits per heavy atom. The molecule has 1 aliphatic heterocycles. The molecule has 2 aromatic heterocycles. The van der Waals surface area contributed by atoms with E-state index in [0.717, 1.165) is 22.8 Å². The van der Waals surface area contributed by atoms with Crippen molar-refractivity contribution in [1.82, 2.24) is 4.57 Å². The van der Waals surface area contributed by atoms with Gasteiger partial charge in [0.05, 0.1) is 18.8 Å². The number of benzene rings is 2. The zero-order valence-electron chi connectivity index (χ0n) is 17.3. The van der Waals surface area contributed by atoms with E-state index in [1.54, 1.807) is 53.5 Å². The van der Waals surface area contributed by atoms with Gasteiger partial charge in [-0.15, -0.1) is 11.3 Å². The summed E-state index contributed by atoms with van der Waals surface area (Å²) in [6, 6.07) is 16.9. The molecule has 0 atom stereocenters. The van der Waals surface area contributed by atoms with Gasteiger partial charge >= 0.3 is 0 Å². The number of nitrogens with zero attached hydrogens (tertiary/aromatic N) is 2. The van der Waals surface area contributed by atoms with Crippen LogP contribution in [0.1, 0.15) is 36.9 Å². The van der Waals surface area contributed by atoms with Crippen molar-refractivity contribution in [3.05, 3.63) is 105 Å². The lowest BCUT2D eigenvalue weighted by molar-refractivity contribution is 0.0984. The molecule has 2 aromatic carbocycles. The topological polar surface area (TPSA) is 54.3 Å². The molecular weight excluding hydrogens is 425 g/mol. The lowest BCUT2D eigenvalue weighted by Crippen LogP contribution is -2.30. The van der Waals surface area contributed by atoms with E-state index in [2.05, 4.69) is 9.88 Å². The quantitative estimate of drug-likeness (QED) is 0.455. The molecule has 7 heteroatoms. The summed E-state index contributed by atoms with van der Waals surface area (Å²) < 4.78 is 15.7. The van der Waals surface area contributed by atoms with Crippen LogP contribution in [0.25, 0.3) is 0 Å². The number of aromatic nitrogens is 1. The standard InChI is InChI=1S/C25H20FN3O2S/c1-16-4-7-18(26)13-21(16)24(30)27-19-8-5-17(6-9-19)25(31)29-14-20-3-2-11-28(20)15-23-22(29)10-12-32-23/h2-13H,14-15H2,1H3,(H,27,30). The van der Waals surface area contributed by atoms with Crippen LogP contribution in [0.5, 0.6) is 0 Å². The van der Waals surface area contributed by atoms with Crippen molar-refractivity contribution in [2.45, 2.75) is 20.0 Å². The molecule has 1 aliphatic rings. The van der Waals surface area contributed by atoms with Crippen LogP contribution in [0.3, 0.4) is 0 Å². The molecule has 0 unspecified atom stereocenters. The first-order valence-corrected chi connectivity index (χ1v) is 11.1. The molecule has 2 amide bonds. The minimum absolute atomic E-state index is 0.0989. The van der Waals surface area contributed by atoms with Crippen LogP contribution in [-0.4, -0.2) is 16.4 Å². The Labute approximate surface area is 188 Å². The van der Waals surface area contributed by atoms with Crippen molar-refractivity contribution in [2.75, 3.05) is 10.2 Å². The highest BCUT2D eigenvalue weighted by Gasteiger charge is 2.25. The van der Waals surface area contributed by atoms with Crippen molar-refractivity contribution in [1.29, 1.82) is 0 Å². The van der Waals surface area contributed by atoms with Gasteiger partial charge in [-0.1, -0.05) is 6.07 Å². The molecule has 32 heavy (non-hydrogen) atoms. The number of nitrogens with one attached hydrogen (secondary N) is 1. The summed E-state index contributed by atoms with van der Waals surface area (Å²) in [7, 11) is 0. The van der Waals surface area contributed by atoms with Crippen LogP contribution in [0.2, 0.25) is 0 Å². The first kappa shape index (κ1) is 20.2. The molecule has 0 spiro atoms. The zero-order valence-corrected chi connectivity index (χ0v) is 18.2. The van der Waals surface area contributed by atoms with Gasteiger partial charge in [0.1, 0.15) is 5.82 Å². The molecule has 0 saturated carbocycles. The molecule has 160 valence electrons. The maximum atomic E-state index is 13.5. The third-order valence-corrected chi connectivity index (χ3v) is 6.54. The summed E-state index contributed by atoms with van der Waals surface area (Å²) in [5, 5.41) is 4.78. The van der Waals surface area contributed by atoms with Crippen LogP contribution < -0.4 is 10.2 Å². The van der Waals surface area contributed by atoms with Crippen LogP contribution in [0.15, 0.2) is 72.2 Å². The van der Waals surface area contributed by atoms with Gasteiger partial charge in [-0.05, 0) is 72.5 Å². The van der Waals surface area contributed by atoms with Crippen molar-refractivity contribution < 1.29 is 14.0 Å². The van der Waals surface area contributed by atoms with E-state index in [-0.39, 0.29) is 11.5 Å². The number of carbonyl (C=O) groups is 2. The van der Waals surface area contributed by atoms with Gasteiger partial charge < -0.3 is 14.8 Å². The van der Waals surface area contributed by atoms with Crippen LogP contribution >= 0.6 is 11.3 Å². The Morgan fingerprint density at radius 3 is 2.66 bits per heavy atom. The van der Waals surface area contributed by atoms with Gasteiger partial charge in [0, 0.05) is 33.6 Å². The SMILES string of the molecule is Cc1ccc(F)cc1C(=O)Nc1ccc(C(=O)N2Cc3cccn3Cc3sccc32)cc1. The van der Waals surface area contributed by atoms with Gasteiger partial charge in [-0.25, -0.2) is 4.39 Å². The van der Waals surface area contributed by atoms with E-state index in [1.165, 1.54) is 12.1 Å². The fourth-order valence-electron chi connectivity index (χ4n) is 3.91. The van der Waals surface area contributed by atoms with E-state index in [0.29, 0.717) is 23.4 Å². The second-order valence-corrected chi connectivity index (χ2v) is 8.74.